The van der Waals surface area contributed by atoms with Gasteiger partial charge in [0.25, 0.3) is 0 Å². The predicted molar refractivity (Wildman–Crippen MR) is 62.8 cm³/mol. The van der Waals surface area contributed by atoms with Crippen LogP contribution in [-0.2, 0) is 0 Å². The Bertz CT molecular complexity index is 431. The first-order chi connectivity index (χ1) is 6.20. The molecule has 0 unspecified atom stereocenters. The fraction of sp³-hybridized carbons (Fsp3) is 0.300. The third-order valence-electron chi connectivity index (χ3n) is 2.11. The molecule has 0 N–H and O–H groups in total. The van der Waals surface area contributed by atoms with Gasteiger partial charge < -0.3 is 4.57 Å². The zero-order chi connectivity index (χ0) is 9.42. The van der Waals surface area contributed by atoms with Gasteiger partial charge in [-0.25, -0.2) is 0 Å². The quantitative estimate of drug-likeness (QED) is 0.736. The second-order valence-electron chi connectivity index (χ2n) is 3.37. The molecule has 13 heavy (non-hydrogen) atoms. The van der Waals surface area contributed by atoms with Crippen molar-refractivity contribution in [1.29, 1.82) is 0 Å². The average Bonchev–Trinajstić information content (AvgIpc) is 2.39. The Morgan fingerprint density at radius 1 is 1.46 bits per heavy atom. The van der Waals surface area contributed by atoms with Gasteiger partial charge in [-0.2, -0.15) is 0 Å². The Morgan fingerprint density at radius 2 is 2.23 bits per heavy atom. The van der Waals surface area contributed by atoms with Crippen molar-refractivity contribution >= 4 is 33.5 Å². The van der Waals surface area contributed by atoms with E-state index in [1.54, 1.807) is 0 Å². The zero-order valence-corrected chi connectivity index (χ0v) is 9.82. The molecule has 0 saturated heterocycles. The van der Waals surface area contributed by atoms with Gasteiger partial charge in [0.05, 0.1) is 9.22 Å². The Hall–Kier alpha value is -0.580. The second-order valence-corrected chi connectivity index (χ2v) is 4.47. The molecule has 2 rings (SSSR count). The minimum atomic E-state index is 0.506. The number of nitrogens with zero attached hydrogens (tertiary/aromatic N) is 2. The number of hydrogen-bond donors (Lipinski definition) is 0. The van der Waals surface area contributed by atoms with Crippen molar-refractivity contribution in [2.75, 3.05) is 0 Å². The SMILES string of the molecule is CC(C)n1c(I)cc2cnccc21. The largest absolute Gasteiger partial charge is 0.333 e. The normalized spacial score (nSPS) is 11.4. The van der Waals surface area contributed by atoms with Gasteiger partial charge in [-0.05, 0) is 48.6 Å². The summed E-state index contributed by atoms with van der Waals surface area (Å²) >= 11 is 2.36. The van der Waals surface area contributed by atoms with Crippen LogP contribution in [0.25, 0.3) is 10.9 Å². The number of rotatable bonds is 1. The zero-order valence-electron chi connectivity index (χ0n) is 7.66. The van der Waals surface area contributed by atoms with Gasteiger partial charge in [0, 0.05) is 23.8 Å². The van der Waals surface area contributed by atoms with Crippen molar-refractivity contribution in [3.8, 4) is 0 Å². The van der Waals surface area contributed by atoms with Gasteiger partial charge in [0.2, 0.25) is 0 Å². The number of pyridine rings is 1. The molecule has 0 aromatic carbocycles. The Balaban J connectivity index is 2.78. The maximum absolute atomic E-state index is 4.11. The summed E-state index contributed by atoms with van der Waals surface area (Å²) in [6.45, 7) is 4.39. The number of hydrogen-bond acceptors (Lipinski definition) is 1. The van der Waals surface area contributed by atoms with Crippen molar-refractivity contribution < 1.29 is 0 Å². The van der Waals surface area contributed by atoms with Crippen molar-refractivity contribution in [2.24, 2.45) is 0 Å². The maximum Gasteiger partial charge on any atom is 0.0812 e. The molecule has 3 heteroatoms. The highest BCUT2D eigenvalue weighted by Gasteiger charge is 2.08. The van der Waals surface area contributed by atoms with Crippen LogP contribution >= 0.6 is 22.6 Å². The average molecular weight is 286 g/mol. The van der Waals surface area contributed by atoms with Crippen LogP contribution in [0.4, 0.5) is 0 Å². The van der Waals surface area contributed by atoms with Crippen LogP contribution in [0.1, 0.15) is 19.9 Å². The van der Waals surface area contributed by atoms with Gasteiger partial charge in [0.15, 0.2) is 0 Å². The minimum absolute atomic E-state index is 0.506. The molecule has 0 aliphatic carbocycles. The number of aromatic nitrogens is 2. The van der Waals surface area contributed by atoms with E-state index in [4.69, 9.17) is 0 Å². The van der Waals surface area contributed by atoms with Crippen LogP contribution in [0.15, 0.2) is 24.5 Å². The van der Waals surface area contributed by atoms with Gasteiger partial charge >= 0.3 is 0 Å². The lowest BCUT2D eigenvalue weighted by Crippen LogP contribution is -2.01. The van der Waals surface area contributed by atoms with Crippen molar-refractivity contribution in [2.45, 2.75) is 19.9 Å². The third-order valence-corrected chi connectivity index (χ3v) is 2.94. The summed E-state index contributed by atoms with van der Waals surface area (Å²) in [6.07, 6.45) is 3.76. The maximum atomic E-state index is 4.11. The lowest BCUT2D eigenvalue weighted by atomic mass is 10.3. The molecule has 2 nitrogen and oxygen atoms in total. The molecule has 0 saturated carbocycles. The highest BCUT2D eigenvalue weighted by molar-refractivity contribution is 14.1. The van der Waals surface area contributed by atoms with E-state index < -0.39 is 0 Å². The number of halogens is 1. The minimum Gasteiger partial charge on any atom is -0.333 e. The van der Waals surface area contributed by atoms with Crippen LogP contribution in [0.2, 0.25) is 0 Å². The van der Waals surface area contributed by atoms with E-state index in [2.05, 4.69) is 58.1 Å². The molecule has 68 valence electrons. The molecule has 0 fully saturated rings. The smallest absolute Gasteiger partial charge is 0.0812 e. The van der Waals surface area contributed by atoms with Crippen LogP contribution in [0, 0.1) is 3.70 Å². The van der Waals surface area contributed by atoms with E-state index >= 15 is 0 Å². The molecule has 0 amide bonds. The van der Waals surface area contributed by atoms with E-state index in [0.717, 1.165) is 0 Å². The summed E-state index contributed by atoms with van der Waals surface area (Å²) in [5.41, 5.74) is 1.27. The molecule has 0 bridgehead atoms. The van der Waals surface area contributed by atoms with E-state index in [1.807, 2.05) is 12.4 Å². The second kappa shape index (κ2) is 3.29. The highest BCUT2D eigenvalue weighted by atomic mass is 127. The molecule has 0 atom stereocenters. The summed E-state index contributed by atoms with van der Waals surface area (Å²) < 4.78 is 3.59. The van der Waals surface area contributed by atoms with Crippen LogP contribution < -0.4 is 0 Å². The van der Waals surface area contributed by atoms with Gasteiger partial charge in [0.1, 0.15) is 0 Å². The van der Waals surface area contributed by atoms with Gasteiger partial charge in [-0.1, -0.05) is 0 Å². The summed E-state index contributed by atoms with van der Waals surface area (Å²) in [6, 6.07) is 4.74. The monoisotopic (exact) mass is 286 g/mol. The molecule has 2 heterocycles. The lowest BCUT2D eigenvalue weighted by Gasteiger charge is -2.10. The summed E-state index contributed by atoms with van der Waals surface area (Å²) in [7, 11) is 0. The molecular formula is C10H11IN2. The molecular weight excluding hydrogens is 275 g/mol. The summed E-state index contributed by atoms with van der Waals surface area (Å²) in [5, 5.41) is 1.22. The van der Waals surface area contributed by atoms with Crippen LogP contribution in [0.3, 0.4) is 0 Å². The topological polar surface area (TPSA) is 17.8 Å². The fourth-order valence-electron chi connectivity index (χ4n) is 1.57. The molecule has 2 aromatic rings. The number of fused-ring (bicyclic) bond motifs is 1. The first-order valence-electron chi connectivity index (χ1n) is 4.30. The molecule has 0 aliphatic heterocycles. The predicted octanol–water partition coefficient (Wildman–Crippen LogP) is 3.22. The molecule has 0 spiro atoms. The van der Waals surface area contributed by atoms with Crippen molar-refractivity contribution in [3.63, 3.8) is 0 Å². The standard InChI is InChI=1S/C10H11IN2/c1-7(2)13-9-3-4-12-6-8(9)5-10(13)11/h3-7H,1-2H3. The van der Waals surface area contributed by atoms with Crippen molar-refractivity contribution in [3.05, 3.63) is 28.2 Å². The highest BCUT2D eigenvalue weighted by Crippen LogP contribution is 2.23. The Labute approximate surface area is 91.1 Å². The summed E-state index contributed by atoms with van der Waals surface area (Å²) in [4.78, 5) is 4.11. The van der Waals surface area contributed by atoms with E-state index in [-0.39, 0.29) is 0 Å². The first kappa shape index (κ1) is 8.99. The van der Waals surface area contributed by atoms with Crippen LogP contribution in [0.5, 0.6) is 0 Å². The van der Waals surface area contributed by atoms with Gasteiger partial charge in [-0.15, -0.1) is 0 Å². The lowest BCUT2D eigenvalue weighted by molar-refractivity contribution is 0.610. The molecule has 0 radical (unpaired) electrons. The van der Waals surface area contributed by atoms with Gasteiger partial charge in [-0.3, -0.25) is 4.98 Å². The van der Waals surface area contributed by atoms with Crippen LogP contribution in [-0.4, -0.2) is 9.55 Å². The van der Waals surface area contributed by atoms with Crippen molar-refractivity contribution in [1.82, 2.24) is 9.55 Å². The summed E-state index contributed by atoms with van der Waals surface area (Å²) in [5.74, 6) is 0. The first-order valence-corrected chi connectivity index (χ1v) is 5.38. The molecule has 0 aliphatic rings. The fourth-order valence-corrected chi connectivity index (χ4v) is 2.72. The van der Waals surface area contributed by atoms with E-state index in [0.29, 0.717) is 6.04 Å². The molecule has 2 aromatic heterocycles. The Kier molecular flexibility index (Phi) is 2.27. The third kappa shape index (κ3) is 1.45. The van der Waals surface area contributed by atoms with E-state index in [9.17, 15) is 0 Å². The van der Waals surface area contributed by atoms with E-state index in [1.165, 1.54) is 14.6 Å². The Morgan fingerprint density at radius 3 is 2.92 bits per heavy atom.